The second-order valence-electron chi connectivity index (χ2n) is 7.45. The van der Waals surface area contributed by atoms with Crippen LogP contribution in [0.5, 0.6) is 11.5 Å². The molecule has 1 aliphatic heterocycles. The number of hydrogen-bond donors (Lipinski definition) is 0. The maximum Gasteiger partial charge on any atom is 0.261 e. The van der Waals surface area contributed by atoms with Crippen molar-refractivity contribution in [2.75, 3.05) is 13.2 Å². The molecule has 0 N–H and O–H groups in total. The average molecular weight is 438 g/mol. The van der Waals surface area contributed by atoms with E-state index in [0.717, 1.165) is 41.8 Å². The minimum absolute atomic E-state index is 0.0442. The Morgan fingerprint density at radius 2 is 2.03 bits per heavy atom. The number of thioether (sulfide) groups is 1. The molecular weight excluding hydrogens is 414 g/mol. The maximum atomic E-state index is 12.8. The highest BCUT2D eigenvalue weighted by molar-refractivity contribution is 7.98. The third-order valence-corrected chi connectivity index (χ3v) is 6.13. The summed E-state index contributed by atoms with van der Waals surface area (Å²) in [6.07, 6.45) is 6.31. The lowest BCUT2D eigenvalue weighted by Crippen LogP contribution is -2.20. The van der Waals surface area contributed by atoms with E-state index in [1.807, 2.05) is 30.5 Å². The summed E-state index contributed by atoms with van der Waals surface area (Å²) < 4.78 is 14.8. The van der Waals surface area contributed by atoms with E-state index < -0.39 is 0 Å². The monoisotopic (exact) mass is 437 g/mol. The molecule has 4 heterocycles. The highest BCUT2D eigenvalue weighted by Gasteiger charge is 2.14. The largest absolute Gasteiger partial charge is 0.490 e. The zero-order valence-electron chi connectivity index (χ0n) is 17.3. The molecule has 4 aromatic rings. The quantitative estimate of drug-likeness (QED) is 0.425. The summed E-state index contributed by atoms with van der Waals surface area (Å²) in [5.74, 6) is 2.75. The van der Waals surface area contributed by atoms with Crippen LogP contribution in [0, 0.1) is 0 Å². The molecule has 0 saturated carbocycles. The van der Waals surface area contributed by atoms with Gasteiger partial charge in [-0.3, -0.25) is 4.79 Å². The Morgan fingerprint density at radius 1 is 1.16 bits per heavy atom. The fourth-order valence-corrected chi connectivity index (χ4v) is 4.31. The van der Waals surface area contributed by atoms with Gasteiger partial charge in [0.25, 0.3) is 11.3 Å². The lowest BCUT2D eigenvalue weighted by atomic mass is 10.2. The van der Waals surface area contributed by atoms with E-state index in [1.165, 1.54) is 11.8 Å². The Labute approximate surface area is 183 Å². The molecule has 0 amide bonds. The van der Waals surface area contributed by atoms with Gasteiger partial charge >= 0.3 is 0 Å². The molecule has 1 aliphatic rings. The second kappa shape index (κ2) is 8.58. The standard InChI is InChI=1S/C22H23N5O3S/c1-2-3-8-26-9-7-17-16(20(26)28)13-23-21-24-22(25-27(17)21)31-14-15-5-6-18-19(12-15)30-11-4-10-29-18/h5-7,9,12-13H,2-4,8,10-11,14H2,1H3. The number of fused-ring (bicyclic) bond motifs is 4. The summed E-state index contributed by atoms with van der Waals surface area (Å²) in [4.78, 5) is 21.7. The van der Waals surface area contributed by atoms with Gasteiger partial charge in [-0.15, -0.1) is 5.10 Å². The van der Waals surface area contributed by atoms with Gasteiger partial charge in [-0.1, -0.05) is 31.2 Å². The van der Waals surface area contributed by atoms with Crippen molar-refractivity contribution in [2.24, 2.45) is 0 Å². The highest BCUT2D eigenvalue weighted by atomic mass is 32.2. The second-order valence-corrected chi connectivity index (χ2v) is 8.39. The van der Waals surface area contributed by atoms with Crippen LogP contribution in [0.4, 0.5) is 0 Å². The van der Waals surface area contributed by atoms with E-state index in [-0.39, 0.29) is 5.56 Å². The van der Waals surface area contributed by atoms with Crippen molar-refractivity contribution >= 4 is 28.4 Å². The van der Waals surface area contributed by atoms with E-state index in [0.29, 0.717) is 41.8 Å². The molecule has 8 nitrogen and oxygen atoms in total. The van der Waals surface area contributed by atoms with Gasteiger partial charge in [0.05, 0.1) is 24.1 Å². The zero-order chi connectivity index (χ0) is 21.2. The number of pyridine rings is 1. The number of rotatable bonds is 6. The summed E-state index contributed by atoms with van der Waals surface area (Å²) >= 11 is 1.52. The van der Waals surface area contributed by atoms with Crippen LogP contribution in [-0.4, -0.2) is 37.4 Å². The van der Waals surface area contributed by atoms with Crippen LogP contribution in [-0.2, 0) is 12.3 Å². The van der Waals surface area contributed by atoms with Crippen LogP contribution in [0.15, 0.2) is 46.6 Å². The Balaban J connectivity index is 1.40. The number of aromatic nitrogens is 5. The lowest BCUT2D eigenvalue weighted by Gasteiger charge is -2.08. The fraction of sp³-hybridized carbons (Fsp3) is 0.364. The molecule has 0 fully saturated rings. The molecule has 0 radical (unpaired) electrons. The van der Waals surface area contributed by atoms with Crippen LogP contribution >= 0.6 is 11.8 Å². The van der Waals surface area contributed by atoms with Gasteiger partial charge in [-0.05, 0) is 30.2 Å². The minimum Gasteiger partial charge on any atom is -0.490 e. The van der Waals surface area contributed by atoms with Crippen LogP contribution in [0.1, 0.15) is 31.7 Å². The van der Waals surface area contributed by atoms with Crippen molar-refractivity contribution in [3.63, 3.8) is 0 Å². The molecule has 5 rings (SSSR count). The molecule has 0 saturated heterocycles. The normalized spacial score (nSPS) is 13.6. The molecule has 0 aliphatic carbocycles. The molecule has 160 valence electrons. The van der Waals surface area contributed by atoms with Gasteiger partial charge in [-0.25, -0.2) is 4.98 Å². The number of ether oxygens (including phenoxy) is 2. The molecule has 31 heavy (non-hydrogen) atoms. The summed E-state index contributed by atoms with van der Waals surface area (Å²) in [5, 5.41) is 5.76. The Morgan fingerprint density at radius 3 is 2.90 bits per heavy atom. The van der Waals surface area contributed by atoms with Crippen LogP contribution < -0.4 is 15.0 Å². The SMILES string of the molecule is CCCCn1ccc2c(cnc3nc(SCc4ccc5c(c4)OCCCO5)nn32)c1=O. The van der Waals surface area contributed by atoms with E-state index in [4.69, 9.17) is 9.47 Å². The maximum absolute atomic E-state index is 12.8. The molecule has 0 unspecified atom stereocenters. The number of unbranched alkanes of at least 4 members (excludes halogenated alkanes) is 1. The number of aryl methyl sites for hydroxylation is 1. The Hall–Kier alpha value is -3.07. The lowest BCUT2D eigenvalue weighted by molar-refractivity contribution is 0.297. The van der Waals surface area contributed by atoms with E-state index in [2.05, 4.69) is 22.0 Å². The van der Waals surface area contributed by atoms with Crippen molar-refractivity contribution in [2.45, 2.75) is 43.6 Å². The molecule has 0 atom stereocenters. The van der Waals surface area contributed by atoms with Crippen LogP contribution in [0.2, 0.25) is 0 Å². The van der Waals surface area contributed by atoms with Crippen molar-refractivity contribution in [1.82, 2.24) is 24.1 Å². The van der Waals surface area contributed by atoms with Gasteiger partial charge in [0, 0.05) is 31.1 Å². The van der Waals surface area contributed by atoms with Crippen LogP contribution in [0.25, 0.3) is 16.7 Å². The first-order chi connectivity index (χ1) is 15.2. The summed E-state index contributed by atoms with van der Waals surface area (Å²) in [5.41, 5.74) is 1.78. The van der Waals surface area contributed by atoms with Crippen molar-refractivity contribution < 1.29 is 9.47 Å². The first kappa shape index (κ1) is 19.9. The fourth-order valence-electron chi connectivity index (χ4n) is 3.55. The third-order valence-electron chi connectivity index (χ3n) is 5.22. The van der Waals surface area contributed by atoms with Crippen molar-refractivity contribution in [3.05, 3.63) is 52.6 Å². The summed E-state index contributed by atoms with van der Waals surface area (Å²) in [6.45, 7) is 4.16. The molecular formula is C22H23N5O3S. The van der Waals surface area contributed by atoms with Gasteiger partial charge < -0.3 is 14.0 Å². The molecule has 3 aromatic heterocycles. The predicted molar refractivity (Wildman–Crippen MR) is 119 cm³/mol. The molecule has 0 spiro atoms. The topological polar surface area (TPSA) is 83.5 Å². The van der Waals surface area contributed by atoms with Crippen molar-refractivity contribution in [1.29, 1.82) is 0 Å². The smallest absolute Gasteiger partial charge is 0.261 e. The first-order valence-corrected chi connectivity index (χ1v) is 11.5. The molecule has 1 aromatic carbocycles. The predicted octanol–water partition coefficient (Wildman–Crippen LogP) is 3.69. The van der Waals surface area contributed by atoms with E-state index in [9.17, 15) is 4.79 Å². The van der Waals surface area contributed by atoms with E-state index in [1.54, 1.807) is 15.3 Å². The van der Waals surface area contributed by atoms with Crippen LogP contribution in [0.3, 0.4) is 0 Å². The van der Waals surface area contributed by atoms with Gasteiger partial charge in [0.15, 0.2) is 11.5 Å². The van der Waals surface area contributed by atoms with Gasteiger partial charge in [-0.2, -0.15) is 9.50 Å². The Kier molecular flexibility index (Phi) is 5.50. The Bertz CT molecular complexity index is 1300. The minimum atomic E-state index is -0.0442. The number of benzene rings is 1. The molecule has 0 bridgehead atoms. The number of nitrogens with zero attached hydrogens (tertiary/aromatic N) is 5. The van der Waals surface area contributed by atoms with Gasteiger partial charge in [0.2, 0.25) is 5.16 Å². The summed E-state index contributed by atoms with van der Waals surface area (Å²) in [7, 11) is 0. The van der Waals surface area contributed by atoms with Gasteiger partial charge in [0.1, 0.15) is 0 Å². The number of hydrogen-bond acceptors (Lipinski definition) is 7. The zero-order valence-corrected chi connectivity index (χ0v) is 18.1. The summed E-state index contributed by atoms with van der Waals surface area (Å²) in [6, 6.07) is 7.90. The molecule has 9 heteroatoms. The first-order valence-electron chi connectivity index (χ1n) is 10.5. The highest BCUT2D eigenvalue weighted by Crippen LogP contribution is 2.32. The van der Waals surface area contributed by atoms with E-state index >= 15 is 0 Å². The van der Waals surface area contributed by atoms with Crippen molar-refractivity contribution in [3.8, 4) is 11.5 Å². The third kappa shape index (κ3) is 3.97. The average Bonchev–Trinajstić information content (AvgIpc) is 3.07.